The third-order valence-corrected chi connectivity index (χ3v) is 3.31. The summed E-state index contributed by atoms with van der Waals surface area (Å²) < 4.78 is 0. The van der Waals surface area contributed by atoms with Crippen molar-refractivity contribution in [2.24, 2.45) is 11.3 Å². The second-order valence-electron chi connectivity index (χ2n) is 6.07. The van der Waals surface area contributed by atoms with Gasteiger partial charge in [0.25, 0.3) is 0 Å². The Morgan fingerprint density at radius 1 is 1.31 bits per heavy atom. The molecule has 0 atom stereocenters. The standard InChI is InChI=1S/C13H25NO2/c1-13(2,3)7-4-12(16)14-8-5-11(10-15)6-9-14/h11,15H,4-10H2,1-3H3. The maximum absolute atomic E-state index is 11.9. The summed E-state index contributed by atoms with van der Waals surface area (Å²) in [5.74, 6) is 0.693. The minimum absolute atomic E-state index is 0.235. The number of hydrogen-bond donors (Lipinski definition) is 1. The highest BCUT2D eigenvalue weighted by atomic mass is 16.3. The van der Waals surface area contributed by atoms with Crippen LogP contribution in [0.1, 0.15) is 46.5 Å². The summed E-state index contributed by atoms with van der Waals surface area (Å²) in [6.45, 7) is 8.42. The van der Waals surface area contributed by atoms with E-state index in [0.29, 0.717) is 12.3 Å². The van der Waals surface area contributed by atoms with E-state index in [9.17, 15) is 4.79 Å². The van der Waals surface area contributed by atoms with E-state index in [-0.39, 0.29) is 17.9 Å². The largest absolute Gasteiger partial charge is 0.396 e. The van der Waals surface area contributed by atoms with Crippen LogP contribution >= 0.6 is 0 Å². The lowest BCUT2D eigenvalue weighted by atomic mass is 9.90. The molecule has 1 amide bonds. The van der Waals surface area contributed by atoms with Crippen LogP contribution in [-0.2, 0) is 4.79 Å². The van der Waals surface area contributed by atoms with Gasteiger partial charge in [-0.25, -0.2) is 0 Å². The summed E-state index contributed by atoms with van der Waals surface area (Å²) in [6, 6.07) is 0. The van der Waals surface area contributed by atoms with E-state index in [1.165, 1.54) is 0 Å². The molecule has 3 nitrogen and oxygen atoms in total. The van der Waals surface area contributed by atoms with Crippen LogP contribution in [-0.4, -0.2) is 35.6 Å². The van der Waals surface area contributed by atoms with Crippen molar-refractivity contribution in [2.75, 3.05) is 19.7 Å². The van der Waals surface area contributed by atoms with Crippen LogP contribution < -0.4 is 0 Å². The SMILES string of the molecule is CC(C)(C)CCC(=O)N1CCC(CO)CC1. The minimum Gasteiger partial charge on any atom is -0.396 e. The number of piperidine rings is 1. The van der Waals surface area contributed by atoms with Crippen molar-refractivity contribution in [3.8, 4) is 0 Å². The average Bonchev–Trinajstić information content (AvgIpc) is 2.25. The number of amides is 1. The fourth-order valence-electron chi connectivity index (χ4n) is 2.00. The van der Waals surface area contributed by atoms with Gasteiger partial charge < -0.3 is 10.0 Å². The van der Waals surface area contributed by atoms with E-state index < -0.39 is 0 Å². The molecule has 94 valence electrons. The highest BCUT2D eigenvalue weighted by Crippen LogP contribution is 2.23. The molecule has 0 aromatic heterocycles. The molecule has 1 saturated heterocycles. The summed E-state index contributed by atoms with van der Waals surface area (Å²) in [5.41, 5.74) is 0.235. The number of aliphatic hydroxyl groups is 1. The average molecular weight is 227 g/mol. The number of hydrogen-bond acceptors (Lipinski definition) is 2. The van der Waals surface area contributed by atoms with Gasteiger partial charge in [-0.15, -0.1) is 0 Å². The van der Waals surface area contributed by atoms with E-state index in [1.807, 2.05) is 4.90 Å². The molecule has 0 spiro atoms. The van der Waals surface area contributed by atoms with E-state index in [4.69, 9.17) is 5.11 Å². The maximum Gasteiger partial charge on any atom is 0.222 e. The van der Waals surface area contributed by atoms with Gasteiger partial charge in [0.2, 0.25) is 5.91 Å². The number of likely N-dealkylation sites (tertiary alicyclic amines) is 1. The third kappa shape index (κ3) is 4.52. The molecule has 0 aromatic rings. The molecule has 0 bridgehead atoms. The smallest absolute Gasteiger partial charge is 0.222 e. The Bertz CT molecular complexity index is 225. The molecular formula is C13H25NO2. The van der Waals surface area contributed by atoms with Gasteiger partial charge in [-0.05, 0) is 30.6 Å². The van der Waals surface area contributed by atoms with Gasteiger partial charge in [0.1, 0.15) is 0 Å². The van der Waals surface area contributed by atoms with Gasteiger partial charge in [-0.1, -0.05) is 20.8 Å². The van der Waals surface area contributed by atoms with E-state index >= 15 is 0 Å². The topological polar surface area (TPSA) is 40.5 Å². The predicted octanol–water partition coefficient (Wildman–Crippen LogP) is 2.04. The number of nitrogens with zero attached hydrogens (tertiary/aromatic N) is 1. The first kappa shape index (κ1) is 13.5. The Hall–Kier alpha value is -0.570. The Morgan fingerprint density at radius 3 is 2.31 bits per heavy atom. The lowest BCUT2D eigenvalue weighted by Gasteiger charge is -2.32. The summed E-state index contributed by atoms with van der Waals surface area (Å²) in [7, 11) is 0. The zero-order valence-electron chi connectivity index (χ0n) is 10.8. The Labute approximate surface area is 98.8 Å². The molecule has 0 aliphatic carbocycles. The minimum atomic E-state index is 0.235. The number of carbonyl (C=O) groups excluding carboxylic acids is 1. The van der Waals surface area contributed by atoms with Crippen molar-refractivity contribution in [1.82, 2.24) is 4.90 Å². The van der Waals surface area contributed by atoms with Gasteiger partial charge >= 0.3 is 0 Å². The molecule has 1 aliphatic heterocycles. The molecule has 3 heteroatoms. The number of carbonyl (C=O) groups is 1. The van der Waals surface area contributed by atoms with E-state index in [2.05, 4.69) is 20.8 Å². The monoisotopic (exact) mass is 227 g/mol. The van der Waals surface area contributed by atoms with E-state index in [1.54, 1.807) is 0 Å². The van der Waals surface area contributed by atoms with Crippen molar-refractivity contribution >= 4 is 5.91 Å². The molecule has 1 N–H and O–H groups in total. The summed E-state index contributed by atoms with van der Waals surface area (Å²) in [6.07, 6.45) is 3.52. The van der Waals surface area contributed by atoms with Crippen molar-refractivity contribution in [1.29, 1.82) is 0 Å². The molecule has 1 fully saturated rings. The lowest BCUT2D eigenvalue weighted by Crippen LogP contribution is -2.39. The van der Waals surface area contributed by atoms with Crippen LogP contribution in [0.15, 0.2) is 0 Å². The predicted molar refractivity (Wildman–Crippen MR) is 65.1 cm³/mol. The van der Waals surface area contributed by atoms with Gasteiger partial charge in [-0.2, -0.15) is 0 Å². The molecule has 1 heterocycles. The van der Waals surface area contributed by atoms with Crippen molar-refractivity contribution in [3.63, 3.8) is 0 Å². The Morgan fingerprint density at radius 2 is 1.88 bits per heavy atom. The lowest BCUT2D eigenvalue weighted by molar-refractivity contribution is -0.133. The first-order chi connectivity index (χ1) is 7.42. The first-order valence-electron chi connectivity index (χ1n) is 6.31. The second kappa shape index (κ2) is 5.67. The quantitative estimate of drug-likeness (QED) is 0.801. The van der Waals surface area contributed by atoms with Crippen molar-refractivity contribution in [2.45, 2.75) is 46.5 Å². The van der Waals surface area contributed by atoms with Crippen molar-refractivity contribution in [3.05, 3.63) is 0 Å². The molecule has 1 aliphatic rings. The summed E-state index contributed by atoms with van der Waals surface area (Å²) in [5, 5.41) is 9.02. The first-order valence-corrected chi connectivity index (χ1v) is 6.31. The third-order valence-electron chi connectivity index (χ3n) is 3.31. The fourth-order valence-corrected chi connectivity index (χ4v) is 2.00. The van der Waals surface area contributed by atoms with Crippen LogP contribution in [0.3, 0.4) is 0 Å². The molecule has 16 heavy (non-hydrogen) atoms. The maximum atomic E-state index is 11.9. The molecule has 0 aromatic carbocycles. The zero-order chi connectivity index (χ0) is 12.2. The Kier molecular flexibility index (Phi) is 4.78. The van der Waals surface area contributed by atoms with Gasteiger partial charge in [0.15, 0.2) is 0 Å². The second-order valence-corrected chi connectivity index (χ2v) is 6.07. The fraction of sp³-hybridized carbons (Fsp3) is 0.923. The molecular weight excluding hydrogens is 202 g/mol. The molecule has 0 saturated carbocycles. The van der Waals surface area contributed by atoms with Gasteiger partial charge in [0.05, 0.1) is 0 Å². The molecule has 0 radical (unpaired) electrons. The van der Waals surface area contributed by atoms with Gasteiger partial charge in [-0.3, -0.25) is 4.79 Å². The molecule has 0 unspecified atom stereocenters. The van der Waals surface area contributed by atoms with E-state index in [0.717, 1.165) is 32.4 Å². The van der Waals surface area contributed by atoms with Crippen LogP contribution in [0.5, 0.6) is 0 Å². The summed E-state index contributed by atoms with van der Waals surface area (Å²) in [4.78, 5) is 13.9. The zero-order valence-corrected chi connectivity index (χ0v) is 10.8. The Balaban J connectivity index is 2.28. The normalized spacial score (nSPS) is 18.9. The van der Waals surface area contributed by atoms with Crippen LogP contribution in [0.25, 0.3) is 0 Å². The van der Waals surface area contributed by atoms with Crippen LogP contribution in [0.2, 0.25) is 0 Å². The van der Waals surface area contributed by atoms with Crippen LogP contribution in [0.4, 0.5) is 0 Å². The highest BCUT2D eigenvalue weighted by Gasteiger charge is 2.23. The van der Waals surface area contributed by atoms with Crippen LogP contribution in [0, 0.1) is 11.3 Å². The number of rotatable bonds is 3. The van der Waals surface area contributed by atoms with Crippen molar-refractivity contribution < 1.29 is 9.90 Å². The molecule has 1 rings (SSSR count). The number of aliphatic hydroxyl groups excluding tert-OH is 1. The highest BCUT2D eigenvalue weighted by molar-refractivity contribution is 5.76. The summed E-state index contributed by atoms with van der Waals surface area (Å²) >= 11 is 0. The van der Waals surface area contributed by atoms with Gasteiger partial charge in [0, 0.05) is 26.1 Å².